The van der Waals surface area contributed by atoms with Crippen molar-refractivity contribution >= 4 is 11.2 Å². The van der Waals surface area contributed by atoms with Crippen LogP contribution in [0.1, 0.15) is 55.0 Å². The summed E-state index contributed by atoms with van der Waals surface area (Å²) in [5.74, 6) is 2.07. The minimum absolute atomic E-state index is 0.318. The van der Waals surface area contributed by atoms with E-state index in [1.807, 2.05) is 47.0 Å². The van der Waals surface area contributed by atoms with Gasteiger partial charge in [0, 0.05) is 19.0 Å². The summed E-state index contributed by atoms with van der Waals surface area (Å²) in [6, 6.07) is 18.1. The molecule has 7 heteroatoms. The number of H-pyrrole nitrogens is 1. The lowest BCUT2D eigenvalue weighted by Gasteiger charge is -2.13. The van der Waals surface area contributed by atoms with Crippen LogP contribution < -0.4 is 16.0 Å². The number of aryl methyl sites for hydroxylation is 2. The molecular formula is C27H30N4O3. The molecule has 176 valence electrons. The van der Waals surface area contributed by atoms with E-state index in [1.165, 1.54) is 18.4 Å². The van der Waals surface area contributed by atoms with E-state index in [2.05, 4.69) is 17.1 Å². The highest BCUT2D eigenvalue weighted by molar-refractivity contribution is 5.71. The second kappa shape index (κ2) is 9.71. The summed E-state index contributed by atoms with van der Waals surface area (Å²) in [5.41, 5.74) is 2.53. The Morgan fingerprint density at radius 1 is 0.971 bits per heavy atom. The van der Waals surface area contributed by atoms with Crippen LogP contribution in [0.2, 0.25) is 0 Å². The zero-order valence-electron chi connectivity index (χ0n) is 19.5. The number of ether oxygens (including phenoxy) is 1. The third-order valence-electron chi connectivity index (χ3n) is 6.83. The Labute approximate surface area is 198 Å². The van der Waals surface area contributed by atoms with Crippen molar-refractivity contribution in [2.24, 2.45) is 0 Å². The Kier molecular flexibility index (Phi) is 6.34. The van der Waals surface area contributed by atoms with E-state index in [1.54, 1.807) is 11.7 Å². The normalized spacial score (nSPS) is 14.1. The lowest BCUT2D eigenvalue weighted by Crippen LogP contribution is -2.31. The van der Waals surface area contributed by atoms with Crippen LogP contribution in [0, 0.1) is 0 Å². The molecule has 0 unspecified atom stereocenters. The van der Waals surface area contributed by atoms with Gasteiger partial charge >= 0.3 is 5.69 Å². The van der Waals surface area contributed by atoms with Crippen molar-refractivity contribution in [2.75, 3.05) is 7.11 Å². The Hall–Kier alpha value is -3.61. The molecule has 0 radical (unpaired) electrons. The quantitative estimate of drug-likeness (QED) is 0.428. The van der Waals surface area contributed by atoms with Gasteiger partial charge in [0.15, 0.2) is 11.2 Å². The molecular weight excluding hydrogens is 428 g/mol. The van der Waals surface area contributed by atoms with Crippen molar-refractivity contribution in [1.82, 2.24) is 19.1 Å². The van der Waals surface area contributed by atoms with Crippen LogP contribution in [0.5, 0.6) is 5.75 Å². The summed E-state index contributed by atoms with van der Waals surface area (Å²) < 4.78 is 8.91. The van der Waals surface area contributed by atoms with Crippen molar-refractivity contribution in [2.45, 2.75) is 57.5 Å². The molecule has 34 heavy (non-hydrogen) atoms. The number of aromatic amines is 1. The average molecular weight is 459 g/mol. The number of nitrogens with zero attached hydrogens (tertiary/aromatic N) is 3. The van der Waals surface area contributed by atoms with Gasteiger partial charge in [-0.3, -0.25) is 14.3 Å². The fourth-order valence-electron chi connectivity index (χ4n) is 5.05. The molecule has 7 nitrogen and oxygen atoms in total. The van der Waals surface area contributed by atoms with Crippen LogP contribution in [0.3, 0.4) is 0 Å². The van der Waals surface area contributed by atoms with Gasteiger partial charge in [-0.15, -0.1) is 0 Å². The lowest BCUT2D eigenvalue weighted by molar-refractivity contribution is 0.414. The van der Waals surface area contributed by atoms with E-state index in [0.717, 1.165) is 42.8 Å². The van der Waals surface area contributed by atoms with Crippen LogP contribution in [-0.2, 0) is 19.5 Å². The number of imidazole rings is 1. The summed E-state index contributed by atoms with van der Waals surface area (Å²) in [4.78, 5) is 33.3. The van der Waals surface area contributed by atoms with E-state index >= 15 is 0 Å². The maximum atomic E-state index is 13.0. The standard InChI is InChI=1S/C27H30N4O3/c1-34-22-15-13-19(14-16-22)10-7-17-30-25-23(26(32)29-27(30)33)31(18-20-8-3-2-4-9-20)24(28-25)21-11-5-6-12-21/h2-4,8-9,13-16,21H,5-7,10-12,17-18H2,1H3,(H,29,32,33). The third kappa shape index (κ3) is 4.42. The SMILES string of the molecule is COc1ccc(CCCn2c(=O)[nH]c(=O)c3c2nc(C2CCCC2)n3Cc2ccccc2)cc1. The first-order valence-corrected chi connectivity index (χ1v) is 12.0. The predicted octanol–water partition coefficient (Wildman–Crippen LogP) is 4.23. The van der Waals surface area contributed by atoms with Crippen LogP contribution in [0.4, 0.5) is 0 Å². The molecule has 0 saturated heterocycles. The Morgan fingerprint density at radius 3 is 2.41 bits per heavy atom. The van der Waals surface area contributed by atoms with Crippen molar-refractivity contribution in [1.29, 1.82) is 0 Å². The number of rotatable bonds is 8. The molecule has 1 fully saturated rings. The largest absolute Gasteiger partial charge is 0.497 e. The summed E-state index contributed by atoms with van der Waals surface area (Å²) in [7, 11) is 1.65. The molecule has 5 rings (SSSR count). The molecule has 1 saturated carbocycles. The lowest BCUT2D eigenvalue weighted by atomic mass is 10.1. The van der Waals surface area contributed by atoms with E-state index < -0.39 is 5.69 Å². The van der Waals surface area contributed by atoms with Gasteiger partial charge in [-0.25, -0.2) is 9.78 Å². The molecule has 2 aromatic carbocycles. The molecule has 1 aliphatic carbocycles. The first-order valence-electron chi connectivity index (χ1n) is 12.0. The predicted molar refractivity (Wildman–Crippen MR) is 133 cm³/mol. The minimum Gasteiger partial charge on any atom is -0.497 e. The Balaban J connectivity index is 1.51. The summed E-state index contributed by atoms with van der Waals surface area (Å²) in [6.45, 7) is 1.06. The van der Waals surface area contributed by atoms with Crippen LogP contribution in [0.15, 0.2) is 64.2 Å². The van der Waals surface area contributed by atoms with E-state index in [0.29, 0.717) is 30.2 Å². The number of nitrogens with one attached hydrogen (secondary N) is 1. The van der Waals surface area contributed by atoms with Crippen LogP contribution >= 0.6 is 0 Å². The van der Waals surface area contributed by atoms with Gasteiger partial charge in [-0.2, -0.15) is 0 Å². The zero-order valence-corrected chi connectivity index (χ0v) is 19.5. The fraction of sp³-hybridized carbons (Fsp3) is 0.370. The monoisotopic (exact) mass is 458 g/mol. The Morgan fingerprint density at radius 2 is 1.71 bits per heavy atom. The summed E-state index contributed by atoms with van der Waals surface area (Å²) >= 11 is 0. The molecule has 2 aromatic heterocycles. The molecule has 0 spiro atoms. The topological polar surface area (TPSA) is 81.9 Å². The number of fused-ring (bicyclic) bond motifs is 1. The molecule has 0 bridgehead atoms. The number of aromatic nitrogens is 4. The first kappa shape index (κ1) is 22.2. The molecule has 2 heterocycles. The van der Waals surface area contributed by atoms with Crippen molar-refractivity contribution < 1.29 is 4.74 Å². The van der Waals surface area contributed by atoms with Crippen LogP contribution in [-0.4, -0.2) is 26.2 Å². The van der Waals surface area contributed by atoms with Gasteiger partial charge in [0.2, 0.25) is 0 Å². The average Bonchev–Trinajstić information content (AvgIpc) is 3.51. The minimum atomic E-state index is -0.394. The first-order chi connectivity index (χ1) is 16.6. The van der Waals surface area contributed by atoms with Gasteiger partial charge in [0.05, 0.1) is 7.11 Å². The Bertz CT molecular complexity index is 1380. The smallest absolute Gasteiger partial charge is 0.330 e. The van der Waals surface area contributed by atoms with Crippen LogP contribution in [0.25, 0.3) is 11.2 Å². The van der Waals surface area contributed by atoms with Crippen molar-refractivity contribution in [3.05, 3.63) is 92.4 Å². The molecule has 4 aromatic rings. The maximum Gasteiger partial charge on any atom is 0.330 e. The maximum absolute atomic E-state index is 13.0. The molecule has 1 N–H and O–H groups in total. The molecule has 0 aliphatic heterocycles. The highest BCUT2D eigenvalue weighted by atomic mass is 16.5. The number of methoxy groups -OCH3 is 1. The summed E-state index contributed by atoms with van der Waals surface area (Å²) in [6.07, 6.45) is 6.05. The van der Waals surface area contributed by atoms with Gasteiger partial charge in [0.25, 0.3) is 5.56 Å². The van der Waals surface area contributed by atoms with Crippen molar-refractivity contribution in [3.8, 4) is 5.75 Å². The van der Waals surface area contributed by atoms with Gasteiger partial charge < -0.3 is 9.30 Å². The molecule has 1 aliphatic rings. The highest BCUT2D eigenvalue weighted by Crippen LogP contribution is 2.35. The second-order valence-corrected chi connectivity index (χ2v) is 9.06. The van der Waals surface area contributed by atoms with E-state index in [-0.39, 0.29) is 5.56 Å². The zero-order chi connectivity index (χ0) is 23.5. The van der Waals surface area contributed by atoms with Gasteiger partial charge in [0.1, 0.15) is 11.6 Å². The second-order valence-electron chi connectivity index (χ2n) is 9.06. The fourth-order valence-corrected chi connectivity index (χ4v) is 5.05. The number of hydrogen-bond donors (Lipinski definition) is 1. The number of hydrogen-bond acceptors (Lipinski definition) is 4. The van der Waals surface area contributed by atoms with Crippen molar-refractivity contribution in [3.63, 3.8) is 0 Å². The van der Waals surface area contributed by atoms with Gasteiger partial charge in [-0.05, 0) is 48.9 Å². The van der Waals surface area contributed by atoms with E-state index in [4.69, 9.17) is 9.72 Å². The van der Waals surface area contributed by atoms with E-state index in [9.17, 15) is 9.59 Å². The molecule has 0 atom stereocenters. The highest BCUT2D eigenvalue weighted by Gasteiger charge is 2.26. The number of benzene rings is 2. The van der Waals surface area contributed by atoms with Gasteiger partial charge in [-0.1, -0.05) is 55.3 Å². The summed E-state index contributed by atoms with van der Waals surface area (Å²) in [5, 5.41) is 0. The third-order valence-corrected chi connectivity index (χ3v) is 6.83. The molecule has 0 amide bonds.